The van der Waals surface area contributed by atoms with Crippen LogP contribution < -0.4 is 5.73 Å². The van der Waals surface area contributed by atoms with Crippen LogP contribution in [0.5, 0.6) is 0 Å². The third-order valence-electron chi connectivity index (χ3n) is 2.21. The zero-order valence-electron chi connectivity index (χ0n) is 9.32. The summed E-state index contributed by atoms with van der Waals surface area (Å²) in [5.41, 5.74) is 6.27. The lowest BCUT2D eigenvalue weighted by molar-refractivity contribution is 0.317. The van der Waals surface area contributed by atoms with Crippen LogP contribution in [0.2, 0.25) is 0 Å². The molecule has 0 bridgehead atoms. The third kappa shape index (κ3) is 2.68. The Morgan fingerprint density at radius 3 is 3.18 bits per heavy atom. The maximum atomic E-state index is 8.50. The summed E-state index contributed by atoms with van der Waals surface area (Å²) in [6, 6.07) is 5.73. The molecule has 17 heavy (non-hydrogen) atoms. The molecule has 3 N–H and O–H groups in total. The summed E-state index contributed by atoms with van der Waals surface area (Å²) in [6.07, 6.45) is 2.41. The Bertz CT molecular complexity index is 538. The maximum absolute atomic E-state index is 8.50. The molecule has 1 unspecified atom stereocenters. The lowest BCUT2D eigenvalue weighted by Gasteiger charge is -2.07. The van der Waals surface area contributed by atoms with E-state index >= 15 is 0 Å². The van der Waals surface area contributed by atoms with Gasteiger partial charge < -0.3 is 10.9 Å². The number of pyridine rings is 1. The van der Waals surface area contributed by atoms with Gasteiger partial charge in [0, 0.05) is 17.9 Å². The van der Waals surface area contributed by atoms with Crippen LogP contribution in [0.15, 0.2) is 34.7 Å². The number of oxime groups is 1. The number of nitrogens with zero attached hydrogens (tertiary/aromatic N) is 4. The molecule has 90 valence electrons. The van der Waals surface area contributed by atoms with Gasteiger partial charge in [-0.3, -0.25) is 4.40 Å². The van der Waals surface area contributed by atoms with E-state index in [0.717, 1.165) is 10.8 Å². The fourth-order valence-corrected chi connectivity index (χ4v) is 2.43. The Kier molecular flexibility index (Phi) is 3.48. The highest BCUT2D eigenvalue weighted by molar-refractivity contribution is 7.99. The minimum absolute atomic E-state index is 0.165. The molecule has 1 atom stereocenters. The van der Waals surface area contributed by atoms with Crippen molar-refractivity contribution in [2.75, 3.05) is 0 Å². The van der Waals surface area contributed by atoms with Crippen molar-refractivity contribution in [3.8, 4) is 0 Å². The molecule has 0 aromatic carbocycles. The number of amidine groups is 1. The number of hydrogen-bond acceptors (Lipinski definition) is 5. The Morgan fingerprint density at radius 1 is 1.59 bits per heavy atom. The zero-order valence-corrected chi connectivity index (χ0v) is 10.1. The van der Waals surface area contributed by atoms with Gasteiger partial charge in [-0.15, -0.1) is 10.2 Å². The summed E-state index contributed by atoms with van der Waals surface area (Å²) in [7, 11) is 0. The van der Waals surface area contributed by atoms with E-state index in [1.54, 1.807) is 11.8 Å². The number of nitrogens with two attached hydrogens (primary N) is 1. The van der Waals surface area contributed by atoms with Crippen LogP contribution in [0.1, 0.15) is 13.3 Å². The number of thioether (sulfide) groups is 1. The van der Waals surface area contributed by atoms with Crippen molar-refractivity contribution in [3.63, 3.8) is 0 Å². The monoisotopic (exact) mass is 251 g/mol. The van der Waals surface area contributed by atoms with Crippen LogP contribution in [-0.2, 0) is 0 Å². The normalized spacial score (nSPS) is 14.1. The first kappa shape index (κ1) is 11.7. The highest BCUT2D eigenvalue weighted by Gasteiger charge is 2.12. The van der Waals surface area contributed by atoms with Crippen molar-refractivity contribution in [3.05, 3.63) is 24.4 Å². The van der Waals surface area contributed by atoms with E-state index in [9.17, 15) is 0 Å². The molecule has 0 aliphatic rings. The van der Waals surface area contributed by atoms with Crippen LogP contribution in [0.3, 0.4) is 0 Å². The lowest BCUT2D eigenvalue weighted by Crippen LogP contribution is -2.16. The van der Waals surface area contributed by atoms with Gasteiger partial charge in [0.2, 0.25) is 0 Å². The van der Waals surface area contributed by atoms with Gasteiger partial charge in [-0.1, -0.05) is 29.9 Å². The molecule has 2 heterocycles. The SMILES string of the molecule is CC(C/C(N)=N/O)Sc1nnc2ccccn12. The molecule has 2 rings (SSSR count). The molecular weight excluding hydrogens is 238 g/mol. The molecule has 0 amide bonds. The minimum atomic E-state index is 0.165. The van der Waals surface area contributed by atoms with Crippen LogP contribution >= 0.6 is 11.8 Å². The van der Waals surface area contributed by atoms with E-state index in [0.29, 0.717) is 6.42 Å². The van der Waals surface area contributed by atoms with Gasteiger partial charge in [0.05, 0.1) is 0 Å². The van der Waals surface area contributed by atoms with Crippen LogP contribution in [0.4, 0.5) is 0 Å². The van der Waals surface area contributed by atoms with Gasteiger partial charge >= 0.3 is 0 Å². The lowest BCUT2D eigenvalue weighted by atomic mass is 10.3. The first-order valence-corrected chi connectivity index (χ1v) is 6.01. The molecule has 0 saturated heterocycles. The number of rotatable bonds is 4. The van der Waals surface area contributed by atoms with Gasteiger partial charge in [0.15, 0.2) is 10.8 Å². The van der Waals surface area contributed by atoms with Crippen molar-refractivity contribution < 1.29 is 5.21 Å². The second-order valence-electron chi connectivity index (χ2n) is 3.64. The second-order valence-corrected chi connectivity index (χ2v) is 5.04. The summed E-state index contributed by atoms with van der Waals surface area (Å²) in [5.74, 6) is 0.221. The Hall–Kier alpha value is -1.76. The van der Waals surface area contributed by atoms with Crippen LogP contribution in [-0.4, -0.2) is 30.9 Å². The molecule has 0 saturated carbocycles. The highest BCUT2D eigenvalue weighted by atomic mass is 32.2. The van der Waals surface area contributed by atoms with Gasteiger partial charge in [-0.25, -0.2) is 0 Å². The predicted molar refractivity (Wildman–Crippen MR) is 66.3 cm³/mol. The molecule has 6 nitrogen and oxygen atoms in total. The van der Waals surface area contributed by atoms with E-state index in [-0.39, 0.29) is 11.1 Å². The minimum Gasteiger partial charge on any atom is -0.409 e. The molecule has 2 aromatic heterocycles. The summed E-state index contributed by atoms with van der Waals surface area (Å²) >= 11 is 1.54. The predicted octanol–water partition coefficient (Wildman–Crippen LogP) is 1.35. The van der Waals surface area contributed by atoms with Crippen molar-refractivity contribution >= 4 is 23.2 Å². The largest absolute Gasteiger partial charge is 0.409 e. The second kappa shape index (κ2) is 5.05. The van der Waals surface area contributed by atoms with Gasteiger partial charge in [-0.2, -0.15) is 0 Å². The molecule has 0 aliphatic carbocycles. The topological polar surface area (TPSA) is 88.8 Å². The summed E-state index contributed by atoms with van der Waals surface area (Å²) < 4.78 is 1.91. The van der Waals surface area contributed by atoms with Crippen LogP contribution in [0.25, 0.3) is 5.65 Å². The average Bonchev–Trinajstić information content (AvgIpc) is 2.72. The summed E-state index contributed by atoms with van der Waals surface area (Å²) in [5, 5.41) is 20.6. The molecule has 2 aromatic rings. The quantitative estimate of drug-likeness (QED) is 0.281. The van der Waals surface area contributed by atoms with E-state index in [4.69, 9.17) is 10.9 Å². The van der Waals surface area contributed by atoms with E-state index < -0.39 is 0 Å². The number of hydrogen-bond donors (Lipinski definition) is 2. The summed E-state index contributed by atoms with van der Waals surface area (Å²) in [6.45, 7) is 1.99. The number of fused-ring (bicyclic) bond motifs is 1. The van der Waals surface area contributed by atoms with Gasteiger partial charge in [-0.05, 0) is 12.1 Å². The maximum Gasteiger partial charge on any atom is 0.195 e. The highest BCUT2D eigenvalue weighted by Crippen LogP contribution is 2.23. The van der Waals surface area contributed by atoms with Crippen molar-refractivity contribution in [2.24, 2.45) is 10.9 Å². The van der Waals surface area contributed by atoms with E-state index in [2.05, 4.69) is 15.4 Å². The van der Waals surface area contributed by atoms with Gasteiger partial charge in [0.25, 0.3) is 0 Å². The molecule has 0 fully saturated rings. The van der Waals surface area contributed by atoms with Gasteiger partial charge in [0.1, 0.15) is 5.84 Å². The molecule has 0 radical (unpaired) electrons. The van der Waals surface area contributed by atoms with Crippen LogP contribution in [0, 0.1) is 0 Å². The Morgan fingerprint density at radius 2 is 2.41 bits per heavy atom. The smallest absolute Gasteiger partial charge is 0.195 e. The van der Waals surface area contributed by atoms with Crippen molar-refractivity contribution in [1.82, 2.24) is 14.6 Å². The Balaban J connectivity index is 2.13. The number of aromatic nitrogens is 3. The summed E-state index contributed by atoms with van der Waals surface area (Å²) in [4.78, 5) is 0. The standard InChI is InChI=1S/C10H13N5OS/c1-7(6-8(11)14-16)17-10-13-12-9-4-2-3-5-15(9)10/h2-5,7,16H,6H2,1H3,(H2,11,14). The Labute approximate surface area is 103 Å². The fourth-order valence-electron chi connectivity index (χ4n) is 1.46. The first-order chi connectivity index (χ1) is 8.20. The fraction of sp³-hybridized carbons (Fsp3) is 0.300. The third-order valence-corrected chi connectivity index (χ3v) is 3.27. The molecule has 0 aliphatic heterocycles. The molecule has 0 spiro atoms. The zero-order chi connectivity index (χ0) is 12.3. The van der Waals surface area contributed by atoms with Crippen molar-refractivity contribution in [2.45, 2.75) is 23.8 Å². The molecular formula is C10H13N5OS. The molecule has 7 heteroatoms. The van der Waals surface area contributed by atoms with E-state index in [1.807, 2.05) is 35.7 Å². The van der Waals surface area contributed by atoms with E-state index in [1.165, 1.54) is 0 Å². The average molecular weight is 251 g/mol. The van der Waals surface area contributed by atoms with Crippen molar-refractivity contribution in [1.29, 1.82) is 0 Å². The first-order valence-electron chi connectivity index (χ1n) is 5.13.